The van der Waals surface area contributed by atoms with Crippen LogP contribution in [-0.4, -0.2) is 16.1 Å². The SMILES string of the molecule is O=C(O)C=Cc1cc(F)ccc1-c1cccnc1. The highest BCUT2D eigenvalue weighted by atomic mass is 19.1. The van der Waals surface area contributed by atoms with Crippen LogP contribution in [0.4, 0.5) is 4.39 Å². The molecule has 0 aliphatic heterocycles. The highest BCUT2D eigenvalue weighted by Crippen LogP contribution is 2.24. The van der Waals surface area contributed by atoms with E-state index in [0.29, 0.717) is 5.56 Å². The van der Waals surface area contributed by atoms with Gasteiger partial charge in [0.15, 0.2) is 0 Å². The van der Waals surface area contributed by atoms with Gasteiger partial charge in [-0.2, -0.15) is 0 Å². The van der Waals surface area contributed by atoms with Crippen molar-refractivity contribution in [1.82, 2.24) is 4.98 Å². The summed E-state index contributed by atoms with van der Waals surface area (Å²) in [5.74, 6) is -1.48. The van der Waals surface area contributed by atoms with E-state index in [9.17, 15) is 9.18 Å². The quantitative estimate of drug-likeness (QED) is 0.843. The number of rotatable bonds is 3. The largest absolute Gasteiger partial charge is 0.478 e. The third-order valence-corrected chi connectivity index (χ3v) is 2.39. The Morgan fingerprint density at radius 1 is 1.33 bits per heavy atom. The topological polar surface area (TPSA) is 50.2 Å². The van der Waals surface area contributed by atoms with Crippen LogP contribution in [0.5, 0.6) is 0 Å². The molecule has 0 spiro atoms. The van der Waals surface area contributed by atoms with Crippen molar-refractivity contribution in [1.29, 1.82) is 0 Å². The summed E-state index contributed by atoms with van der Waals surface area (Å²) in [5, 5.41) is 8.61. The Morgan fingerprint density at radius 2 is 2.17 bits per heavy atom. The summed E-state index contributed by atoms with van der Waals surface area (Å²) in [6.45, 7) is 0. The van der Waals surface area contributed by atoms with Crippen LogP contribution in [0.3, 0.4) is 0 Å². The maximum atomic E-state index is 13.2. The third-order valence-electron chi connectivity index (χ3n) is 2.39. The van der Waals surface area contributed by atoms with Gasteiger partial charge in [0.1, 0.15) is 5.82 Å². The number of aliphatic carboxylic acids is 1. The van der Waals surface area contributed by atoms with Crippen molar-refractivity contribution in [3.63, 3.8) is 0 Å². The predicted molar refractivity (Wildman–Crippen MR) is 66.3 cm³/mol. The molecule has 18 heavy (non-hydrogen) atoms. The third kappa shape index (κ3) is 2.79. The Morgan fingerprint density at radius 3 is 2.83 bits per heavy atom. The number of hydrogen-bond acceptors (Lipinski definition) is 2. The lowest BCUT2D eigenvalue weighted by Crippen LogP contribution is -1.89. The summed E-state index contributed by atoms with van der Waals surface area (Å²) in [7, 11) is 0. The van der Waals surface area contributed by atoms with E-state index in [-0.39, 0.29) is 0 Å². The average molecular weight is 243 g/mol. The monoisotopic (exact) mass is 243 g/mol. The van der Waals surface area contributed by atoms with Crippen molar-refractivity contribution >= 4 is 12.0 Å². The van der Waals surface area contributed by atoms with Gasteiger partial charge in [-0.1, -0.05) is 12.1 Å². The zero-order valence-corrected chi connectivity index (χ0v) is 9.38. The second kappa shape index (κ2) is 5.23. The molecule has 0 amide bonds. The molecule has 0 saturated carbocycles. The molecule has 2 aromatic rings. The number of carboxylic acids is 1. The van der Waals surface area contributed by atoms with Gasteiger partial charge in [0.05, 0.1) is 0 Å². The van der Waals surface area contributed by atoms with Crippen LogP contribution in [0.2, 0.25) is 0 Å². The molecular formula is C14H10FNO2. The normalized spacial score (nSPS) is 10.7. The molecule has 2 rings (SSSR count). The maximum absolute atomic E-state index is 13.2. The van der Waals surface area contributed by atoms with Crippen molar-refractivity contribution < 1.29 is 14.3 Å². The molecule has 1 heterocycles. The molecule has 90 valence electrons. The van der Waals surface area contributed by atoms with Crippen molar-refractivity contribution in [2.75, 3.05) is 0 Å². The highest BCUT2D eigenvalue weighted by Gasteiger charge is 2.04. The van der Waals surface area contributed by atoms with E-state index in [0.717, 1.165) is 17.2 Å². The van der Waals surface area contributed by atoms with Gasteiger partial charge < -0.3 is 5.11 Å². The Bertz CT molecular complexity index is 594. The van der Waals surface area contributed by atoms with E-state index in [1.54, 1.807) is 24.5 Å². The van der Waals surface area contributed by atoms with E-state index >= 15 is 0 Å². The molecular weight excluding hydrogens is 233 g/mol. The fourth-order valence-corrected chi connectivity index (χ4v) is 1.62. The summed E-state index contributed by atoms with van der Waals surface area (Å²) in [4.78, 5) is 14.5. The van der Waals surface area contributed by atoms with Crippen LogP contribution in [0, 0.1) is 5.82 Å². The highest BCUT2D eigenvalue weighted by molar-refractivity contribution is 5.87. The number of pyridine rings is 1. The van der Waals surface area contributed by atoms with Crippen LogP contribution < -0.4 is 0 Å². The summed E-state index contributed by atoms with van der Waals surface area (Å²) < 4.78 is 13.2. The van der Waals surface area contributed by atoms with Crippen LogP contribution in [-0.2, 0) is 4.79 Å². The molecule has 0 aliphatic carbocycles. The number of hydrogen-bond donors (Lipinski definition) is 1. The van der Waals surface area contributed by atoms with Gasteiger partial charge in [0, 0.05) is 24.0 Å². The van der Waals surface area contributed by atoms with Crippen molar-refractivity contribution in [3.8, 4) is 11.1 Å². The predicted octanol–water partition coefficient (Wildman–Crippen LogP) is 2.99. The fraction of sp³-hybridized carbons (Fsp3) is 0. The number of carboxylic acid groups (broad SMARTS) is 1. The molecule has 1 aromatic carbocycles. The second-order valence-electron chi connectivity index (χ2n) is 3.64. The molecule has 4 heteroatoms. The van der Waals surface area contributed by atoms with Crippen molar-refractivity contribution in [3.05, 3.63) is 60.2 Å². The number of halogens is 1. The molecule has 0 atom stereocenters. The van der Waals surface area contributed by atoms with Crippen LogP contribution in [0.15, 0.2) is 48.8 Å². The summed E-state index contributed by atoms with van der Waals surface area (Å²) in [6, 6.07) is 7.83. The van der Waals surface area contributed by atoms with Crippen LogP contribution in [0.1, 0.15) is 5.56 Å². The van der Waals surface area contributed by atoms with Crippen molar-refractivity contribution in [2.45, 2.75) is 0 Å². The van der Waals surface area contributed by atoms with Crippen molar-refractivity contribution in [2.24, 2.45) is 0 Å². The van der Waals surface area contributed by atoms with E-state index in [2.05, 4.69) is 4.98 Å². The van der Waals surface area contributed by atoms with Gasteiger partial charge >= 0.3 is 5.97 Å². The zero-order chi connectivity index (χ0) is 13.0. The lowest BCUT2D eigenvalue weighted by Gasteiger charge is -2.05. The lowest BCUT2D eigenvalue weighted by atomic mass is 10.0. The maximum Gasteiger partial charge on any atom is 0.328 e. The molecule has 3 nitrogen and oxygen atoms in total. The van der Waals surface area contributed by atoms with E-state index in [4.69, 9.17) is 5.11 Å². The zero-order valence-electron chi connectivity index (χ0n) is 9.38. The molecule has 1 N–H and O–H groups in total. The Balaban J connectivity index is 2.50. The smallest absolute Gasteiger partial charge is 0.328 e. The number of benzene rings is 1. The van der Waals surface area contributed by atoms with Gasteiger partial charge in [-0.3, -0.25) is 4.98 Å². The summed E-state index contributed by atoms with van der Waals surface area (Å²) in [5.41, 5.74) is 2.05. The molecule has 1 aromatic heterocycles. The minimum absolute atomic E-state index is 0.410. The standard InChI is InChI=1S/C14H10FNO2/c15-12-4-5-13(11-2-1-7-16-9-11)10(8-12)3-6-14(17)18/h1-9H,(H,17,18). The molecule has 0 aliphatic rings. The van der Waals surface area contributed by atoms with E-state index in [1.807, 2.05) is 6.07 Å². The first-order valence-corrected chi connectivity index (χ1v) is 5.28. The molecule has 0 fully saturated rings. The molecule has 0 unspecified atom stereocenters. The summed E-state index contributed by atoms with van der Waals surface area (Å²) >= 11 is 0. The Hall–Kier alpha value is -2.49. The van der Waals surface area contributed by atoms with Crippen LogP contribution >= 0.6 is 0 Å². The van der Waals surface area contributed by atoms with Gasteiger partial charge in [0.25, 0.3) is 0 Å². The molecule has 0 saturated heterocycles. The average Bonchev–Trinajstić information content (AvgIpc) is 2.37. The van der Waals surface area contributed by atoms with Gasteiger partial charge in [-0.25, -0.2) is 9.18 Å². The van der Waals surface area contributed by atoms with Gasteiger partial charge in [0.2, 0.25) is 0 Å². The minimum Gasteiger partial charge on any atom is -0.478 e. The van der Waals surface area contributed by atoms with E-state index < -0.39 is 11.8 Å². The van der Waals surface area contributed by atoms with Crippen LogP contribution in [0.25, 0.3) is 17.2 Å². The Labute approximate surface area is 103 Å². The van der Waals surface area contributed by atoms with Gasteiger partial charge in [-0.15, -0.1) is 0 Å². The minimum atomic E-state index is -1.07. The van der Waals surface area contributed by atoms with Gasteiger partial charge in [-0.05, 0) is 35.4 Å². The molecule has 0 bridgehead atoms. The first-order chi connectivity index (χ1) is 8.66. The number of carbonyl (C=O) groups is 1. The number of nitrogens with zero attached hydrogens (tertiary/aromatic N) is 1. The lowest BCUT2D eigenvalue weighted by molar-refractivity contribution is -0.131. The number of aromatic nitrogens is 1. The Kier molecular flexibility index (Phi) is 3.48. The molecule has 0 radical (unpaired) electrons. The van der Waals surface area contributed by atoms with E-state index in [1.165, 1.54) is 18.2 Å². The first kappa shape index (κ1) is 12.0. The first-order valence-electron chi connectivity index (χ1n) is 5.28. The fourth-order valence-electron chi connectivity index (χ4n) is 1.62. The second-order valence-corrected chi connectivity index (χ2v) is 3.64. The summed E-state index contributed by atoms with van der Waals surface area (Å²) in [6.07, 6.45) is 5.63.